The third-order valence-corrected chi connectivity index (χ3v) is 4.16. The van der Waals surface area contributed by atoms with Crippen molar-refractivity contribution in [3.63, 3.8) is 0 Å². The van der Waals surface area contributed by atoms with E-state index in [4.69, 9.17) is 4.63 Å². The third-order valence-electron chi connectivity index (χ3n) is 4.16. The fraction of sp³-hybridized carbons (Fsp3) is 0.0588. The highest BCUT2D eigenvalue weighted by Crippen LogP contribution is 2.34. The van der Waals surface area contributed by atoms with Crippen molar-refractivity contribution in [3.8, 4) is 0 Å². The van der Waals surface area contributed by atoms with Gasteiger partial charge in [0.15, 0.2) is 0 Å². The van der Waals surface area contributed by atoms with Crippen molar-refractivity contribution in [1.29, 1.82) is 0 Å². The Morgan fingerprint density at radius 1 is 0.850 bits per heavy atom. The van der Waals surface area contributed by atoms with Gasteiger partial charge in [-0.05, 0) is 61.5 Å². The first-order valence-corrected chi connectivity index (χ1v) is 6.67. The van der Waals surface area contributed by atoms with E-state index in [1.807, 2.05) is 6.07 Å². The molecule has 4 aromatic rings. The average Bonchev–Trinajstić information content (AvgIpc) is 3.12. The molecular weight excluding hydrogens is 248 g/mol. The molecule has 1 aromatic heterocycles. The zero-order chi connectivity index (χ0) is 13.1. The largest absolute Gasteiger partial charge is 0.243 e. The van der Waals surface area contributed by atoms with E-state index in [1.165, 1.54) is 32.7 Å². The van der Waals surface area contributed by atoms with E-state index < -0.39 is 0 Å². The molecule has 5 rings (SSSR count). The van der Waals surface area contributed by atoms with Crippen LogP contribution in [-0.4, -0.2) is 10.3 Å². The van der Waals surface area contributed by atoms with Crippen LogP contribution in [0.4, 0.5) is 0 Å². The van der Waals surface area contributed by atoms with Crippen LogP contribution in [0.15, 0.2) is 47.1 Å². The molecule has 3 heteroatoms. The molecule has 20 heavy (non-hydrogen) atoms. The first kappa shape index (κ1) is 10.1. The normalized spacial score (nSPS) is 13.6. The lowest BCUT2D eigenvalue weighted by atomic mass is 9.95. The topological polar surface area (TPSA) is 38.9 Å². The van der Waals surface area contributed by atoms with Gasteiger partial charge in [0.25, 0.3) is 0 Å². The zero-order valence-electron chi connectivity index (χ0n) is 10.6. The van der Waals surface area contributed by atoms with Gasteiger partial charge < -0.3 is 0 Å². The SMILES string of the molecule is C1=Cc2ccc3c(ccc4cc5nonc5cc43)c2C1. The molecule has 0 aliphatic heterocycles. The number of fused-ring (bicyclic) bond motifs is 6. The molecule has 0 spiro atoms. The molecule has 0 saturated heterocycles. The van der Waals surface area contributed by atoms with E-state index in [-0.39, 0.29) is 0 Å². The van der Waals surface area contributed by atoms with E-state index in [9.17, 15) is 0 Å². The standard InChI is InChI=1S/C17H10N2O/c1-2-10-4-6-14-13(12(10)3-1)7-5-11-8-16-17(9-15(11)14)19-20-18-16/h1-2,4-9H,3H2. The second-order valence-corrected chi connectivity index (χ2v) is 5.23. The predicted octanol–water partition coefficient (Wildman–Crippen LogP) is 4.10. The Balaban J connectivity index is 2.00. The number of nitrogens with zero attached hydrogens (tertiary/aromatic N) is 2. The maximum absolute atomic E-state index is 4.81. The molecule has 0 fully saturated rings. The molecule has 0 atom stereocenters. The number of benzene rings is 3. The van der Waals surface area contributed by atoms with Crippen LogP contribution >= 0.6 is 0 Å². The van der Waals surface area contributed by atoms with Gasteiger partial charge in [-0.3, -0.25) is 0 Å². The van der Waals surface area contributed by atoms with Crippen LogP contribution in [-0.2, 0) is 6.42 Å². The van der Waals surface area contributed by atoms with Gasteiger partial charge in [-0.1, -0.05) is 36.4 Å². The van der Waals surface area contributed by atoms with Gasteiger partial charge in [0.1, 0.15) is 11.0 Å². The second kappa shape index (κ2) is 3.45. The molecule has 0 unspecified atom stereocenters. The summed E-state index contributed by atoms with van der Waals surface area (Å²) in [5.41, 5.74) is 4.37. The lowest BCUT2D eigenvalue weighted by molar-refractivity contribution is 0.315. The summed E-state index contributed by atoms with van der Waals surface area (Å²) in [4.78, 5) is 0. The fourth-order valence-corrected chi connectivity index (χ4v) is 3.19. The lowest BCUT2D eigenvalue weighted by Gasteiger charge is -2.08. The smallest absolute Gasteiger partial charge is 0.135 e. The monoisotopic (exact) mass is 258 g/mol. The number of hydrogen-bond donors (Lipinski definition) is 0. The Morgan fingerprint density at radius 3 is 2.65 bits per heavy atom. The summed E-state index contributed by atoms with van der Waals surface area (Å²) >= 11 is 0. The molecule has 0 amide bonds. The van der Waals surface area contributed by atoms with E-state index in [0.29, 0.717) is 0 Å². The molecule has 1 aliphatic carbocycles. The lowest BCUT2D eigenvalue weighted by Crippen LogP contribution is -1.86. The van der Waals surface area contributed by atoms with Crippen molar-refractivity contribution >= 4 is 38.7 Å². The zero-order valence-corrected chi connectivity index (χ0v) is 10.6. The highest BCUT2D eigenvalue weighted by Gasteiger charge is 2.12. The maximum Gasteiger partial charge on any atom is 0.135 e. The number of aromatic nitrogens is 2. The van der Waals surface area contributed by atoms with Gasteiger partial charge in [0.05, 0.1) is 0 Å². The summed E-state index contributed by atoms with van der Waals surface area (Å²) in [6.45, 7) is 0. The molecular formula is C17H10N2O. The summed E-state index contributed by atoms with van der Waals surface area (Å²) in [6.07, 6.45) is 5.44. The van der Waals surface area contributed by atoms with Crippen LogP contribution in [0.5, 0.6) is 0 Å². The summed E-state index contributed by atoms with van der Waals surface area (Å²) in [7, 11) is 0. The first-order chi connectivity index (χ1) is 9.90. The molecule has 0 radical (unpaired) electrons. The minimum Gasteiger partial charge on any atom is -0.243 e. The highest BCUT2D eigenvalue weighted by molar-refractivity contribution is 6.12. The third kappa shape index (κ3) is 1.19. The molecule has 3 aromatic carbocycles. The molecule has 0 saturated carbocycles. The van der Waals surface area contributed by atoms with Crippen LogP contribution in [0, 0.1) is 0 Å². The number of hydrogen-bond acceptors (Lipinski definition) is 3. The van der Waals surface area contributed by atoms with Crippen molar-refractivity contribution in [2.24, 2.45) is 0 Å². The highest BCUT2D eigenvalue weighted by atomic mass is 16.6. The minimum absolute atomic E-state index is 0.805. The summed E-state index contributed by atoms with van der Waals surface area (Å²) < 4.78 is 4.81. The van der Waals surface area contributed by atoms with Crippen molar-refractivity contribution < 1.29 is 4.63 Å². The van der Waals surface area contributed by atoms with Gasteiger partial charge in [0.2, 0.25) is 0 Å². The van der Waals surface area contributed by atoms with Gasteiger partial charge in [-0.2, -0.15) is 0 Å². The fourth-order valence-electron chi connectivity index (χ4n) is 3.19. The molecule has 94 valence electrons. The maximum atomic E-state index is 4.81. The molecule has 0 bridgehead atoms. The van der Waals surface area contributed by atoms with Crippen molar-refractivity contribution in [2.45, 2.75) is 6.42 Å². The van der Waals surface area contributed by atoms with Gasteiger partial charge >= 0.3 is 0 Å². The Hall–Kier alpha value is -2.68. The predicted molar refractivity (Wildman–Crippen MR) is 79.6 cm³/mol. The van der Waals surface area contributed by atoms with Crippen LogP contribution in [0.25, 0.3) is 38.7 Å². The first-order valence-electron chi connectivity index (χ1n) is 6.67. The van der Waals surface area contributed by atoms with Crippen molar-refractivity contribution in [3.05, 3.63) is 53.6 Å². The Bertz CT molecular complexity index is 1030. The Kier molecular flexibility index (Phi) is 1.75. The van der Waals surface area contributed by atoms with E-state index in [1.54, 1.807) is 0 Å². The summed E-state index contributed by atoms with van der Waals surface area (Å²) in [6, 6.07) is 12.9. The quantitative estimate of drug-likeness (QED) is 0.446. The minimum atomic E-state index is 0.805. The molecule has 0 N–H and O–H groups in total. The molecule has 3 nitrogen and oxygen atoms in total. The van der Waals surface area contributed by atoms with Gasteiger partial charge in [-0.15, -0.1) is 0 Å². The number of rotatable bonds is 0. The van der Waals surface area contributed by atoms with E-state index >= 15 is 0 Å². The van der Waals surface area contributed by atoms with E-state index in [0.717, 1.165) is 17.5 Å². The second-order valence-electron chi connectivity index (χ2n) is 5.23. The van der Waals surface area contributed by atoms with E-state index in [2.05, 4.69) is 52.8 Å². The summed E-state index contributed by atoms with van der Waals surface area (Å²) in [5.74, 6) is 0. The van der Waals surface area contributed by atoms with Crippen LogP contribution in [0.1, 0.15) is 11.1 Å². The molecule has 1 heterocycles. The Labute approximate surface area is 114 Å². The van der Waals surface area contributed by atoms with Gasteiger partial charge in [0, 0.05) is 0 Å². The average molecular weight is 258 g/mol. The Morgan fingerprint density at radius 2 is 1.70 bits per heavy atom. The van der Waals surface area contributed by atoms with Crippen LogP contribution in [0.2, 0.25) is 0 Å². The van der Waals surface area contributed by atoms with Gasteiger partial charge in [-0.25, -0.2) is 4.63 Å². The van der Waals surface area contributed by atoms with Crippen LogP contribution < -0.4 is 0 Å². The van der Waals surface area contributed by atoms with Crippen molar-refractivity contribution in [2.75, 3.05) is 0 Å². The summed E-state index contributed by atoms with van der Waals surface area (Å²) in [5, 5.41) is 12.8. The van der Waals surface area contributed by atoms with Crippen LogP contribution in [0.3, 0.4) is 0 Å². The van der Waals surface area contributed by atoms with Crippen molar-refractivity contribution in [1.82, 2.24) is 10.3 Å². The molecule has 1 aliphatic rings. The number of allylic oxidation sites excluding steroid dienone is 1.